The summed E-state index contributed by atoms with van der Waals surface area (Å²) in [5.41, 5.74) is 3.60. The van der Waals surface area contributed by atoms with Gasteiger partial charge >= 0.3 is 6.03 Å². The van der Waals surface area contributed by atoms with Gasteiger partial charge in [0.25, 0.3) is 5.91 Å². The molecule has 3 amide bonds. The Morgan fingerprint density at radius 2 is 1.81 bits per heavy atom. The second kappa shape index (κ2) is 9.63. The Hall–Kier alpha value is -3.02. The van der Waals surface area contributed by atoms with Crippen LogP contribution in [0.25, 0.3) is 0 Å². The first-order valence-corrected chi connectivity index (χ1v) is 11.2. The predicted molar refractivity (Wildman–Crippen MR) is 130 cm³/mol. The van der Waals surface area contributed by atoms with Crippen LogP contribution in [0.2, 0.25) is 10.0 Å². The van der Waals surface area contributed by atoms with E-state index >= 15 is 0 Å². The number of hydrogen-bond acceptors (Lipinski definition) is 2. The van der Waals surface area contributed by atoms with Crippen LogP contribution in [0.5, 0.6) is 0 Å². The number of anilines is 2. The fraction of sp³-hybridized carbons (Fsp3) is 0.200. The second-order valence-electron chi connectivity index (χ2n) is 7.77. The van der Waals surface area contributed by atoms with Crippen molar-refractivity contribution in [1.82, 2.24) is 4.90 Å². The van der Waals surface area contributed by atoms with E-state index in [1.807, 2.05) is 49.4 Å². The van der Waals surface area contributed by atoms with Gasteiger partial charge in [0.2, 0.25) is 0 Å². The number of amides is 3. The van der Waals surface area contributed by atoms with Crippen LogP contribution in [0.4, 0.5) is 16.2 Å². The highest BCUT2D eigenvalue weighted by Crippen LogP contribution is 2.30. The highest BCUT2D eigenvalue weighted by Gasteiger charge is 2.27. The lowest BCUT2D eigenvalue weighted by atomic mass is 10.1. The summed E-state index contributed by atoms with van der Waals surface area (Å²) >= 11 is 12.4. The van der Waals surface area contributed by atoms with Gasteiger partial charge in [0.1, 0.15) is 0 Å². The molecule has 0 unspecified atom stereocenters. The van der Waals surface area contributed by atoms with Gasteiger partial charge in [-0.2, -0.15) is 0 Å². The fourth-order valence-corrected chi connectivity index (χ4v) is 4.20. The molecule has 0 aromatic heterocycles. The lowest BCUT2D eigenvalue weighted by Crippen LogP contribution is -2.49. The molecule has 164 valence electrons. The monoisotopic (exact) mass is 467 g/mol. The smallest absolute Gasteiger partial charge is 0.321 e. The van der Waals surface area contributed by atoms with E-state index in [-0.39, 0.29) is 11.9 Å². The minimum absolute atomic E-state index is 0.0882. The van der Waals surface area contributed by atoms with E-state index in [1.165, 1.54) is 0 Å². The van der Waals surface area contributed by atoms with Gasteiger partial charge in [-0.05, 0) is 60.9 Å². The standard InChI is InChI=1S/C25H23Cl2N3O2/c1-17-6-2-3-9-21(17)24(31)28-23-15-20(10-11-22(23)27)30-13-5-12-29(25(30)32)16-18-7-4-8-19(26)14-18/h2-4,6-11,14-15H,5,12-13,16H2,1H3,(H,28,31). The molecule has 0 bridgehead atoms. The van der Waals surface area contributed by atoms with Crippen molar-refractivity contribution in [2.24, 2.45) is 0 Å². The number of rotatable bonds is 5. The van der Waals surface area contributed by atoms with Crippen LogP contribution in [0, 0.1) is 6.92 Å². The Kier molecular flexibility index (Phi) is 6.68. The third-order valence-electron chi connectivity index (χ3n) is 5.47. The summed E-state index contributed by atoms with van der Waals surface area (Å²) in [5, 5.41) is 3.94. The number of nitrogens with one attached hydrogen (secondary N) is 1. The summed E-state index contributed by atoms with van der Waals surface area (Å²) < 4.78 is 0. The molecule has 7 heteroatoms. The minimum Gasteiger partial charge on any atom is -0.321 e. The molecule has 0 saturated carbocycles. The molecule has 3 aromatic carbocycles. The van der Waals surface area contributed by atoms with Gasteiger partial charge < -0.3 is 10.2 Å². The third-order valence-corrected chi connectivity index (χ3v) is 6.04. The summed E-state index contributed by atoms with van der Waals surface area (Å²) in [4.78, 5) is 29.5. The molecular weight excluding hydrogens is 445 g/mol. The van der Waals surface area contributed by atoms with Crippen LogP contribution in [-0.4, -0.2) is 29.9 Å². The molecule has 0 aliphatic carbocycles. The molecule has 3 aromatic rings. The van der Waals surface area contributed by atoms with Crippen molar-refractivity contribution in [3.8, 4) is 0 Å². The van der Waals surface area contributed by atoms with Crippen molar-refractivity contribution in [2.45, 2.75) is 19.9 Å². The maximum absolute atomic E-state index is 13.2. The number of carbonyl (C=O) groups is 2. The average molecular weight is 468 g/mol. The zero-order valence-electron chi connectivity index (χ0n) is 17.6. The molecule has 5 nitrogen and oxygen atoms in total. The highest BCUT2D eigenvalue weighted by molar-refractivity contribution is 6.34. The van der Waals surface area contributed by atoms with Crippen molar-refractivity contribution >= 4 is 46.5 Å². The van der Waals surface area contributed by atoms with E-state index in [2.05, 4.69) is 5.32 Å². The molecule has 0 spiro atoms. The van der Waals surface area contributed by atoms with E-state index in [4.69, 9.17) is 23.2 Å². The van der Waals surface area contributed by atoms with Gasteiger partial charge in [0.15, 0.2) is 0 Å². The number of aryl methyl sites for hydroxylation is 1. The first-order chi connectivity index (χ1) is 15.4. The summed E-state index contributed by atoms with van der Waals surface area (Å²) in [6.07, 6.45) is 0.833. The number of benzene rings is 3. The van der Waals surface area contributed by atoms with Gasteiger partial charge in [0, 0.05) is 35.9 Å². The number of carbonyl (C=O) groups excluding carboxylic acids is 2. The van der Waals surface area contributed by atoms with Crippen molar-refractivity contribution in [3.63, 3.8) is 0 Å². The molecule has 0 atom stereocenters. The van der Waals surface area contributed by atoms with Crippen LogP contribution < -0.4 is 10.2 Å². The maximum atomic E-state index is 13.2. The lowest BCUT2D eigenvalue weighted by molar-refractivity contribution is 0.102. The fourth-order valence-electron chi connectivity index (χ4n) is 3.82. The van der Waals surface area contributed by atoms with Gasteiger partial charge in [-0.25, -0.2) is 4.79 Å². The Balaban J connectivity index is 1.53. The number of hydrogen-bond donors (Lipinski definition) is 1. The van der Waals surface area contributed by atoms with Crippen molar-refractivity contribution < 1.29 is 9.59 Å². The highest BCUT2D eigenvalue weighted by atomic mass is 35.5. The Morgan fingerprint density at radius 1 is 1.00 bits per heavy atom. The summed E-state index contributed by atoms with van der Waals surface area (Å²) in [6.45, 7) is 3.64. The largest absolute Gasteiger partial charge is 0.324 e. The molecule has 1 saturated heterocycles. The van der Waals surface area contributed by atoms with Crippen molar-refractivity contribution in [2.75, 3.05) is 23.3 Å². The predicted octanol–water partition coefficient (Wildman–Crippen LogP) is 6.39. The molecule has 1 aliphatic heterocycles. The van der Waals surface area contributed by atoms with Crippen LogP contribution >= 0.6 is 23.2 Å². The molecule has 0 radical (unpaired) electrons. The van der Waals surface area contributed by atoms with E-state index in [1.54, 1.807) is 34.1 Å². The van der Waals surface area contributed by atoms with Crippen LogP contribution in [0.3, 0.4) is 0 Å². The zero-order chi connectivity index (χ0) is 22.7. The SMILES string of the molecule is Cc1ccccc1C(=O)Nc1cc(N2CCCN(Cc3cccc(Cl)c3)C2=O)ccc1Cl. The van der Waals surface area contributed by atoms with Crippen molar-refractivity contribution in [1.29, 1.82) is 0 Å². The summed E-state index contributed by atoms with van der Waals surface area (Å²) in [7, 11) is 0. The van der Waals surface area contributed by atoms with E-state index in [9.17, 15) is 9.59 Å². The Labute approximate surface area is 197 Å². The second-order valence-corrected chi connectivity index (χ2v) is 8.62. The summed E-state index contributed by atoms with van der Waals surface area (Å²) in [6, 6.07) is 20.0. The topological polar surface area (TPSA) is 52.7 Å². The number of nitrogens with zero attached hydrogens (tertiary/aromatic N) is 2. The molecular formula is C25H23Cl2N3O2. The molecule has 1 heterocycles. The molecule has 1 aliphatic rings. The Morgan fingerprint density at radius 3 is 2.59 bits per heavy atom. The van der Waals surface area contributed by atoms with E-state index in [0.717, 1.165) is 17.5 Å². The van der Waals surface area contributed by atoms with Gasteiger partial charge in [-0.3, -0.25) is 9.69 Å². The maximum Gasteiger partial charge on any atom is 0.324 e. The average Bonchev–Trinajstić information content (AvgIpc) is 2.77. The van der Waals surface area contributed by atoms with E-state index < -0.39 is 0 Å². The van der Waals surface area contributed by atoms with Crippen LogP contribution in [-0.2, 0) is 6.54 Å². The first kappa shape index (κ1) is 22.2. The molecule has 1 fully saturated rings. The number of halogens is 2. The molecule has 32 heavy (non-hydrogen) atoms. The zero-order valence-corrected chi connectivity index (χ0v) is 19.2. The third kappa shape index (κ3) is 4.90. The normalized spacial score (nSPS) is 13.9. The minimum atomic E-state index is -0.241. The molecule has 1 N–H and O–H groups in total. The van der Waals surface area contributed by atoms with Gasteiger partial charge in [-0.1, -0.05) is 53.5 Å². The van der Waals surface area contributed by atoms with Crippen LogP contribution in [0.1, 0.15) is 27.9 Å². The first-order valence-electron chi connectivity index (χ1n) is 10.4. The lowest BCUT2D eigenvalue weighted by Gasteiger charge is -2.36. The van der Waals surface area contributed by atoms with Gasteiger partial charge in [0.05, 0.1) is 10.7 Å². The van der Waals surface area contributed by atoms with Gasteiger partial charge in [-0.15, -0.1) is 0 Å². The molecule has 4 rings (SSSR count). The quantitative estimate of drug-likeness (QED) is 0.472. The van der Waals surface area contributed by atoms with Crippen LogP contribution in [0.15, 0.2) is 66.7 Å². The Bertz CT molecular complexity index is 1170. The summed E-state index contributed by atoms with van der Waals surface area (Å²) in [5.74, 6) is -0.241. The van der Waals surface area contributed by atoms with Crippen molar-refractivity contribution in [3.05, 3.63) is 93.5 Å². The number of urea groups is 1. The van der Waals surface area contributed by atoms with E-state index in [0.29, 0.717) is 46.6 Å².